The molecular weight excluding hydrogens is 332 g/mol. The molecule has 0 atom stereocenters. The summed E-state index contributed by atoms with van der Waals surface area (Å²) < 4.78 is 7.17. The number of hydrogen-bond donors (Lipinski definition) is 1. The molecule has 2 aromatic carbocycles. The van der Waals surface area contributed by atoms with Crippen molar-refractivity contribution in [2.24, 2.45) is 0 Å². The van der Waals surface area contributed by atoms with E-state index in [0.717, 1.165) is 21.8 Å². The van der Waals surface area contributed by atoms with E-state index in [0.29, 0.717) is 11.4 Å². The second kappa shape index (κ2) is 5.32. The number of rotatable bonds is 3. The minimum absolute atomic E-state index is 0.0309. The van der Waals surface area contributed by atoms with Gasteiger partial charge in [0.1, 0.15) is 5.75 Å². The highest BCUT2D eigenvalue weighted by molar-refractivity contribution is 6.07. The average Bonchev–Trinajstić information content (AvgIpc) is 3.18. The number of para-hydroxylation sites is 1. The second-order valence-corrected chi connectivity index (χ2v) is 5.91. The number of nitro groups is 1. The van der Waals surface area contributed by atoms with Crippen LogP contribution >= 0.6 is 0 Å². The van der Waals surface area contributed by atoms with Crippen molar-refractivity contribution >= 4 is 33.3 Å². The van der Waals surface area contributed by atoms with E-state index in [2.05, 4.69) is 9.97 Å². The van der Waals surface area contributed by atoms with E-state index in [9.17, 15) is 10.1 Å². The van der Waals surface area contributed by atoms with Gasteiger partial charge in [0.15, 0.2) is 0 Å². The molecule has 7 nitrogen and oxygen atoms in total. The summed E-state index contributed by atoms with van der Waals surface area (Å²) >= 11 is 0. The SMILES string of the molecule is O=[N+]([O-])c1c(Oc2ccc3c(c2)[nH]c2ccccc23)nc2ccccn12. The van der Waals surface area contributed by atoms with Gasteiger partial charge in [-0.3, -0.25) is 0 Å². The number of nitrogens with zero attached hydrogens (tertiary/aromatic N) is 3. The maximum atomic E-state index is 11.5. The lowest BCUT2D eigenvalue weighted by molar-refractivity contribution is -0.391. The molecule has 0 spiro atoms. The van der Waals surface area contributed by atoms with E-state index in [1.54, 1.807) is 30.5 Å². The Kier molecular flexibility index (Phi) is 2.96. The first-order valence-corrected chi connectivity index (χ1v) is 8.00. The van der Waals surface area contributed by atoms with Gasteiger partial charge in [-0.05, 0) is 29.2 Å². The summed E-state index contributed by atoms with van der Waals surface area (Å²) in [5.41, 5.74) is 2.38. The van der Waals surface area contributed by atoms with Gasteiger partial charge in [0, 0.05) is 28.4 Å². The predicted octanol–water partition coefficient (Wildman–Crippen LogP) is 4.67. The van der Waals surface area contributed by atoms with Crippen LogP contribution in [0.1, 0.15) is 0 Å². The lowest BCUT2D eigenvalue weighted by atomic mass is 10.1. The van der Waals surface area contributed by atoms with E-state index >= 15 is 0 Å². The molecule has 0 fully saturated rings. The highest BCUT2D eigenvalue weighted by atomic mass is 16.6. The number of imidazole rings is 1. The van der Waals surface area contributed by atoms with Crippen molar-refractivity contribution in [3.8, 4) is 11.6 Å². The normalized spacial score (nSPS) is 11.4. The Morgan fingerprint density at radius 3 is 2.69 bits per heavy atom. The van der Waals surface area contributed by atoms with Crippen molar-refractivity contribution in [2.75, 3.05) is 0 Å². The van der Waals surface area contributed by atoms with Crippen LogP contribution in [0.3, 0.4) is 0 Å². The molecule has 0 radical (unpaired) electrons. The molecule has 0 amide bonds. The van der Waals surface area contributed by atoms with Crippen molar-refractivity contribution in [3.05, 3.63) is 77.0 Å². The summed E-state index contributed by atoms with van der Waals surface area (Å²) in [7, 11) is 0. The molecule has 3 heterocycles. The largest absolute Gasteiger partial charge is 0.432 e. The smallest absolute Gasteiger partial charge is 0.392 e. The van der Waals surface area contributed by atoms with Crippen LogP contribution in [0.15, 0.2) is 66.9 Å². The summed E-state index contributed by atoms with van der Waals surface area (Å²) in [5.74, 6) is 0.254. The zero-order valence-electron chi connectivity index (χ0n) is 13.4. The van der Waals surface area contributed by atoms with Gasteiger partial charge in [-0.15, -0.1) is 0 Å². The van der Waals surface area contributed by atoms with Gasteiger partial charge in [-0.2, -0.15) is 9.38 Å². The van der Waals surface area contributed by atoms with Gasteiger partial charge in [-0.25, -0.2) is 0 Å². The number of hydrogen-bond acceptors (Lipinski definition) is 4. The summed E-state index contributed by atoms with van der Waals surface area (Å²) in [6.45, 7) is 0. The van der Waals surface area contributed by atoms with Crippen molar-refractivity contribution in [3.63, 3.8) is 0 Å². The average molecular weight is 344 g/mol. The number of nitrogens with one attached hydrogen (secondary N) is 1. The summed E-state index contributed by atoms with van der Waals surface area (Å²) in [4.78, 5) is 18.6. The summed E-state index contributed by atoms with van der Waals surface area (Å²) in [5, 5.41) is 13.7. The number of aromatic amines is 1. The Bertz CT molecular complexity index is 1300. The number of ether oxygens (including phenoxy) is 1. The quantitative estimate of drug-likeness (QED) is 0.381. The first-order chi connectivity index (χ1) is 12.7. The molecule has 0 aliphatic rings. The molecule has 126 valence electrons. The number of fused-ring (bicyclic) bond motifs is 4. The van der Waals surface area contributed by atoms with Crippen LogP contribution in [0.25, 0.3) is 27.5 Å². The van der Waals surface area contributed by atoms with E-state index in [4.69, 9.17) is 4.74 Å². The first kappa shape index (κ1) is 14.5. The van der Waals surface area contributed by atoms with E-state index < -0.39 is 4.92 Å². The van der Waals surface area contributed by atoms with Crippen molar-refractivity contribution in [1.29, 1.82) is 0 Å². The van der Waals surface area contributed by atoms with Gasteiger partial charge in [-0.1, -0.05) is 24.3 Å². The third-order valence-electron chi connectivity index (χ3n) is 4.34. The highest BCUT2D eigenvalue weighted by Crippen LogP contribution is 2.34. The lowest BCUT2D eigenvalue weighted by Gasteiger charge is -2.02. The topological polar surface area (TPSA) is 85.5 Å². The fourth-order valence-electron chi connectivity index (χ4n) is 3.20. The Morgan fingerprint density at radius 1 is 1.00 bits per heavy atom. The molecule has 0 saturated carbocycles. The fourth-order valence-corrected chi connectivity index (χ4v) is 3.20. The lowest BCUT2D eigenvalue weighted by Crippen LogP contribution is -1.96. The Morgan fingerprint density at radius 2 is 1.81 bits per heavy atom. The molecule has 7 heteroatoms. The van der Waals surface area contributed by atoms with E-state index in [1.165, 1.54) is 4.40 Å². The van der Waals surface area contributed by atoms with Crippen molar-refractivity contribution < 1.29 is 9.66 Å². The van der Waals surface area contributed by atoms with Gasteiger partial charge in [0.2, 0.25) is 5.65 Å². The molecule has 1 N–H and O–H groups in total. The fraction of sp³-hybridized carbons (Fsp3) is 0. The zero-order valence-corrected chi connectivity index (χ0v) is 13.4. The maximum absolute atomic E-state index is 11.5. The van der Waals surface area contributed by atoms with Crippen molar-refractivity contribution in [2.45, 2.75) is 0 Å². The maximum Gasteiger partial charge on any atom is 0.392 e. The Balaban J connectivity index is 1.63. The molecule has 0 unspecified atom stereocenters. The van der Waals surface area contributed by atoms with E-state index in [1.807, 2.05) is 36.4 Å². The minimum Gasteiger partial charge on any atom is -0.432 e. The van der Waals surface area contributed by atoms with Gasteiger partial charge in [0.05, 0.1) is 11.7 Å². The van der Waals surface area contributed by atoms with Crippen LogP contribution in [0, 0.1) is 10.1 Å². The zero-order chi connectivity index (χ0) is 17.7. The van der Waals surface area contributed by atoms with Crippen LogP contribution in [-0.4, -0.2) is 19.3 Å². The third-order valence-corrected chi connectivity index (χ3v) is 4.34. The number of benzene rings is 2. The van der Waals surface area contributed by atoms with Gasteiger partial charge >= 0.3 is 11.7 Å². The van der Waals surface area contributed by atoms with Crippen LogP contribution in [0.5, 0.6) is 11.6 Å². The molecule has 0 aliphatic carbocycles. The summed E-state index contributed by atoms with van der Waals surface area (Å²) in [6.07, 6.45) is 1.59. The minimum atomic E-state index is -0.489. The van der Waals surface area contributed by atoms with Gasteiger partial charge < -0.3 is 19.8 Å². The number of pyridine rings is 1. The molecule has 3 aromatic heterocycles. The molecule has 5 aromatic rings. The molecule has 0 aliphatic heterocycles. The van der Waals surface area contributed by atoms with Crippen LogP contribution in [0.2, 0.25) is 0 Å². The van der Waals surface area contributed by atoms with Crippen LogP contribution in [-0.2, 0) is 0 Å². The molecule has 0 saturated heterocycles. The molecule has 5 rings (SSSR count). The Labute approximate surface area is 146 Å². The van der Waals surface area contributed by atoms with Crippen molar-refractivity contribution in [1.82, 2.24) is 14.4 Å². The standard InChI is InChI=1S/C19H12N4O3/c24-23(25)19-18(21-17-7-3-4-10-22(17)19)26-12-8-9-14-13-5-1-2-6-15(13)20-16(14)11-12/h1-11,20H. The van der Waals surface area contributed by atoms with Crippen LogP contribution < -0.4 is 4.74 Å². The van der Waals surface area contributed by atoms with E-state index in [-0.39, 0.29) is 11.7 Å². The summed E-state index contributed by atoms with van der Waals surface area (Å²) in [6, 6.07) is 18.7. The third kappa shape index (κ3) is 2.11. The predicted molar refractivity (Wildman–Crippen MR) is 97.7 cm³/mol. The Hall–Kier alpha value is -3.87. The highest BCUT2D eigenvalue weighted by Gasteiger charge is 2.24. The first-order valence-electron chi connectivity index (χ1n) is 8.00. The molecule has 26 heavy (non-hydrogen) atoms. The van der Waals surface area contributed by atoms with Gasteiger partial charge in [0.25, 0.3) is 0 Å². The monoisotopic (exact) mass is 344 g/mol. The molecule has 0 bridgehead atoms. The number of aromatic nitrogens is 3. The number of H-pyrrole nitrogens is 1. The van der Waals surface area contributed by atoms with Crippen LogP contribution in [0.4, 0.5) is 5.82 Å². The second-order valence-electron chi connectivity index (χ2n) is 5.91. The molecular formula is C19H12N4O3.